The lowest BCUT2D eigenvalue weighted by atomic mass is 9.87. The number of nitrogens with zero attached hydrogens (tertiary/aromatic N) is 2. The maximum absolute atomic E-state index is 11.4. The first-order valence-corrected chi connectivity index (χ1v) is 10.5. The van der Waals surface area contributed by atoms with Crippen LogP contribution in [0.25, 0.3) is 0 Å². The SMILES string of the molecule is CCNC(=NCc1ccc(OC)c(NC(C)=O)c1)N1CCC(C(CC)CC)C1. The quantitative estimate of drug-likeness (QED) is 0.524. The standard InChI is InChI=1S/C22H36N4O2/c1-6-18(7-2)19-11-12-26(15-19)22(23-8-3)24-14-17-9-10-21(28-5)20(13-17)25-16(4)27/h9-10,13,18-19H,6-8,11-12,14-15H2,1-5H3,(H,23,24)(H,25,27). The van der Waals surface area contributed by atoms with Crippen molar-refractivity contribution in [2.24, 2.45) is 16.8 Å². The number of amides is 1. The van der Waals surface area contributed by atoms with Crippen molar-refractivity contribution >= 4 is 17.6 Å². The number of hydrogen-bond donors (Lipinski definition) is 2. The van der Waals surface area contributed by atoms with Crippen LogP contribution >= 0.6 is 0 Å². The van der Waals surface area contributed by atoms with E-state index in [1.807, 2.05) is 18.2 Å². The highest BCUT2D eigenvalue weighted by atomic mass is 16.5. The molecule has 0 bridgehead atoms. The molecule has 28 heavy (non-hydrogen) atoms. The van der Waals surface area contributed by atoms with Gasteiger partial charge in [0, 0.05) is 26.6 Å². The van der Waals surface area contributed by atoms with Crippen LogP contribution in [0, 0.1) is 11.8 Å². The van der Waals surface area contributed by atoms with Crippen molar-refractivity contribution in [1.29, 1.82) is 0 Å². The molecule has 0 spiro atoms. The Labute approximate surface area is 169 Å². The lowest BCUT2D eigenvalue weighted by molar-refractivity contribution is -0.114. The molecule has 2 N–H and O–H groups in total. The molecule has 1 saturated heterocycles. The molecule has 1 amide bonds. The van der Waals surface area contributed by atoms with Gasteiger partial charge in [-0.1, -0.05) is 32.8 Å². The lowest BCUT2D eigenvalue weighted by Crippen LogP contribution is -2.40. The van der Waals surface area contributed by atoms with Crippen LogP contribution in [0.3, 0.4) is 0 Å². The van der Waals surface area contributed by atoms with Gasteiger partial charge in [-0.2, -0.15) is 0 Å². The second-order valence-electron chi connectivity index (χ2n) is 7.46. The largest absolute Gasteiger partial charge is 0.495 e. The highest BCUT2D eigenvalue weighted by Crippen LogP contribution is 2.29. The molecule has 6 nitrogen and oxygen atoms in total. The van der Waals surface area contributed by atoms with Crippen molar-refractivity contribution in [3.05, 3.63) is 23.8 Å². The second kappa shape index (κ2) is 10.9. The minimum atomic E-state index is -0.114. The van der Waals surface area contributed by atoms with Gasteiger partial charge in [0.1, 0.15) is 5.75 Å². The number of carbonyl (C=O) groups excluding carboxylic acids is 1. The maximum atomic E-state index is 11.4. The Balaban J connectivity index is 2.11. The summed E-state index contributed by atoms with van der Waals surface area (Å²) in [6.07, 6.45) is 3.74. The van der Waals surface area contributed by atoms with E-state index in [-0.39, 0.29) is 5.91 Å². The van der Waals surface area contributed by atoms with E-state index >= 15 is 0 Å². The summed E-state index contributed by atoms with van der Waals surface area (Å²) in [5.74, 6) is 3.08. The Morgan fingerprint density at radius 1 is 1.32 bits per heavy atom. The Hall–Kier alpha value is -2.24. The number of likely N-dealkylation sites (tertiary alicyclic amines) is 1. The molecule has 1 aromatic rings. The van der Waals surface area contributed by atoms with Crippen molar-refractivity contribution in [2.45, 2.75) is 53.5 Å². The second-order valence-corrected chi connectivity index (χ2v) is 7.46. The number of benzene rings is 1. The summed E-state index contributed by atoms with van der Waals surface area (Å²) in [7, 11) is 1.60. The van der Waals surface area contributed by atoms with Gasteiger partial charge in [-0.15, -0.1) is 0 Å². The maximum Gasteiger partial charge on any atom is 0.221 e. The van der Waals surface area contributed by atoms with Gasteiger partial charge in [0.15, 0.2) is 5.96 Å². The van der Waals surface area contributed by atoms with Crippen LogP contribution in [0.15, 0.2) is 23.2 Å². The molecule has 0 aliphatic carbocycles. The zero-order chi connectivity index (χ0) is 20.5. The van der Waals surface area contributed by atoms with Crippen molar-refractivity contribution in [1.82, 2.24) is 10.2 Å². The molecule has 0 saturated carbocycles. The number of guanidine groups is 1. The van der Waals surface area contributed by atoms with Crippen molar-refractivity contribution in [3.63, 3.8) is 0 Å². The highest BCUT2D eigenvalue weighted by Gasteiger charge is 2.29. The van der Waals surface area contributed by atoms with E-state index in [0.717, 1.165) is 43.0 Å². The Morgan fingerprint density at radius 2 is 2.07 bits per heavy atom. The Morgan fingerprint density at radius 3 is 2.68 bits per heavy atom. The first-order valence-electron chi connectivity index (χ1n) is 10.5. The monoisotopic (exact) mass is 388 g/mol. The molecule has 2 rings (SSSR count). The van der Waals surface area contributed by atoms with Crippen LogP contribution in [0.5, 0.6) is 5.75 Å². The fourth-order valence-electron chi connectivity index (χ4n) is 4.05. The van der Waals surface area contributed by atoms with Gasteiger partial charge < -0.3 is 20.3 Å². The van der Waals surface area contributed by atoms with Crippen molar-refractivity contribution in [2.75, 3.05) is 32.1 Å². The summed E-state index contributed by atoms with van der Waals surface area (Å²) in [6.45, 7) is 11.8. The predicted octanol–water partition coefficient (Wildman–Crippen LogP) is 3.88. The number of methoxy groups -OCH3 is 1. The number of aliphatic imine (C=N–C) groups is 1. The Kier molecular flexibility index (Phi) is 8.61. The Bertz CT molecular complexity index is 671. The molecule has 6 heteroatoms. The van der Waals surface area contributed by atoms with E-state index in [0.29, 0.717) is 18.0 Å². The van der Waals surface area contributed by atoms with Crippen LogP contribution in [0.1, 0.15) is 52.5 Å². The van der Waals surface area contributed by atoms with E-state index < -0.39 is 0 Å². The third kappa shape index (κ3) is 5.88. The van der Waals surface area contributed by atoms with Gasteiger partial charge in [-0.25, -0.2) is 4.99 Å². The molecule has 0 aromatic heterocycles. The molecular weight excluding hydrogens is 352 g/mol. The molecule has 1 aliphatic heterocycles. The van der Waals surface area contributed by atoms with Crippen LogP contribution < -0.4 is 15.4 Å². The zero-order valence-electron chi connectivity index (χ0n) is 18.0. The number of rotatable bonds is 8. The van der Waals surface area contributed by atoms with E-state index in [4.69, 9.17) is 9.73 Å². The fraction of sp³-hybridized carbons (Fsp3) is 0.636. The van der Waals surface area contributed by atoms with Crippen LogP contribution in [0.4, 0.5) is 5.69 Å². The summed E-state index contributed by atoms with van der Waals surface area (Å²) in [5, 5.41) is 6.27. The van der Waals surface area contributed by atoms with Gasteiger partial charge >= 0.3 is 0 Å². The molecule has 0 radical (unpaired) electrons. The molecule has 1 unspecified atom stereocenters. The summed E-state index contributed by atoms with van der Waals surface area (Å²) in [6, 6.07) is 5.81. The van der Waals surface area contributed by atoms with Crippen molar-refractivity contribution in [3.8, 4) is 5.75 Å². The average molecular weight is 389 g/mol. The van der Waals surface area contributed by atoms with E-state index in [1.54, 1.807) is 7.11 Å². The zero-order valence-corrected chi connectivity index (χ0v) is 18.0. The van der Waals surface area contributed by atoms with Gasteiger partial charge in [0.2, 0.25) is 5.91 Å². The minimum absolute atomic E-state index is 0.114. The number of nitrogens with one attached hydrogen (secondary N) is 2. The van der Waals surface area contributed by atoms with Gasteiger partial charge in [-0.05, 0) is 42.9 Å². The van der Waals surface area contributed by atoms with E-state index in [2.05, 4.69) is 36.3 Å². The first kappa shape index (κ1) is 22.1. The van der Waals surface area contributed by atoms with Crippen LogP contribution in [0.2, 0.25) is 0 Å². The van der Waals surface area contributed by atoms with Crippen molar-refractivity contribution < 1.29 is 9.53 Å². The number of carbonyl (C=O) groups is 1. The topological polar surface area (TPSA) is 66.0 Å². The smallest absolute Gasteiger partial charge is 0.221 e. The highest BCUT2D eigenvalue weighted by molar-refractivity contribution is 5.90. The molecule has 1 fully saturated rings. The third-order valence-electron chi connectivity index (χ3n) is 5.56. The minimum Gasteiger partial charge on any atom is -0.495 e. The fourth-order valence-corrected chi connectivity index (χ4v) is 4.05. The number of hydrogen-bond acceptors (Lipinski definition) is 3. The summed E-state index contributed by atoms with van der Waals surface area (Å²) in [5.41, 5.74) is 1.72. The van der Waals surface area contributed by atoms with Gasteiger partial charge in [0.05, 0.1) is 19.3 Å². The van der Waals surface area contributed by atoms with Crippen LogP contribution in [-0.2, 0) is 11.3 Å². The lowest BCUT2D eigenvalue weighted by Gasteiger charge is -2.24. The van der Waals surface area contributed by atoms with Gasteiger partial charge in [0.25, 0.3) is 0 Å². The molecular formula is C22H36N4O2. The molecule has 1 heterocycles. The number of anilines is 1. The van der Waals surface area contributed by atoms with E-state index in [1.165, 1.54) is 26.2 Å². The van der Waals surface area contributed by atoms with Gasteiger partial charge in [-0.3, -0.25) is 4.79 Å². The molecule has 1 aliphatic rings. The molecule has 156 valence electrons. The number of ether oxygens (including phenoxy) is 1. The normalized spacial score (nSPS) is 17.1. The van der Waals surface area contributed by atoms with Crippen LogP contribution in [-0.4, -0.2) is 43.5 Å². The van der Waals surface area contributed by atoms with E-state index in [9.17, 15) is 4.79 Å². The molecule has 1 atom stereocenters. The average Bonchev–Trinajstić information content (AvgIpc) is 3.15. The summed E-state index contributed by atoms with van der Waals surface area (Å²) in [4.78, 5) is 18.7. The predicted molar refractivity (Wildman–Crippen MR) is 116 cm³/mol. The first-order chi connectivity index (χ1) is 13.5. The third-order valence-corrected chi connectivity index (χ3v) is 5.56. The molecule has 1 aromatic carbocycles. The summed E-state index contributed by atoms with van der Waals surface area (Å²) < 4.78 is 5.33. The summed E-state index contributed by atoms with van der Waals surface area (Å²) >= 11 is 0.